The van der Waals surface area contributed by atoms with Gasteiger partial charge in [0.25, 0.3) is 0 Å². The number of likely N-dealkylation sites (tertiary alicyclic amines) is 1. The van der Waals surface area contributed by atoms with Crippen LogP contribution in [-0.2, 0) is 6.18 Å². The van der Waals surface area contributed by atoms with Crippen molar-refractivity contribution in [1.82, 2.24) is 4.90 Å². The third-order valence-corrected chi connectivity index (χ3v) is 7.39. The van der Waals surface area contributed by atoms with Gasteiger partial charge in [-0.05, 0) is 55.7 Å². The van der Waals surface area contributed by atoms with Crippen LogP contribution < -0.4 is 15.0 Å². The molecule has 1 saturated carbocycles. The lowest BCUT2D eigenvalue weighted by Gasteiger charge is -2.40. The van der Waals surface area contributed by atoms with Crippen LogP contribution in [0.3, 0.4) is 0 Å². The second-order valence-corrected chi connectivity index (χ2v) is 10.3. The maximum Gasteiger partial charge on any atom is 0.416 e. The number of para-hydroxylation sites is 1. The molecule has 40 heavy (non-hydrogen) atoms. The fourth-order valence-corrected chi connectivity index (χ4v) is 5.09. The maximum atomic E-state index is 15.1. The second-order valence-electron chi connectivity index (χ2n) is 10.3. The Morgan fingerprint density at radius 1 is 1.05 bits per heavy atom. The predicted molar refractivity (Wildman–Crippen MR) is 150 cm³/mol. The van der Waals surface area contributed by atoms with Crippen molar-refractivity contribution in [2.75, 3.05) is 23.3 Å². The van der Waals surface area contributed by atoms with Gasteiger partial charge in [0.1, 0.15) is 11.9 Å². The van der Waals surface area contributed by atoms with Gasteiger partial charge in [-0.25, -0.2) is 4.39 Å². The molecule has 3 aromatic carbocycles. The normalized spacial score (nSPS) is 16.0. The molecule has 1 aliphatic carbocycles. The van der Waals surface area contributed by atoms with Crippen LogP contribution in [-0.4, -0.2) is 36.3 Å². The molecule has 1 heterocycles. The lowest BCUT2D eigenvalue weighted by molar-refractivity contribution is -0.137. The first-order valence-electron chi connectivity index (χ1n) is 13.4. The summed E-state index contributed by atoms with van der Waals surface area (Å²) in [5.74, 6) is 0.341. The highest BCUT2D eigenvalue weighted by molar-refractivity contribution is 5.88. The molecule has 5 rings (SSSR count). The monoisotopic (exact) mass is 552 g/mol. The minimum atomic E-state index is -4.50. The van der Waals surface area contributed by atoms with E-state index in [9.17, 15) is 13.2 Å². The van der Waals surface area contributed by atoms with Crippen molar-refractivity contribution in [3.63, 3.8) is 0 Å². The molecule has 0 spiro atoms. The SMILES string of the molecule is C=C(N1CCC(Oc2cc(C=N)c(Nc3cccc(C(F)(F)F)c3)cc2F)CC1)N(c1ccccc1C)C1CC1. The number of hydrogen-bond donors (Lipinski definition) is 2. The van der Waals surface area contributed by atoms with Gasteiger partial charge in [-0.3, -0.25) is 0 Å². The van der Waals surface area contributed by atoms with Gasteiger partial charge in [0.2, 0.25) is 0 Å². The van der Waals surface area contributed by atoms with Crippen LogP contribution in [0.4, 0.5) is 34.6 Å². The molecule has 3 aromatic rings. The first kappa shape index (κ1) is 27.6. The zero-order chi connectivity index (χ0) is 28.4. The number of ether oxygens (including phenoxy) is 1. The molecule has 0 bridgehead atoms. The first-order valence-corrected chi connectivity index (χ1v) is 13.4. The highest BCUT2D eigenvalue weighted by Gasteiger charge is 2.35. The second kappa shape index (κ2) is 11.2. The molecule has 0 radical (unpaired) electrons. The molecule has 0 amide bonds. The fraction of sp³-hybridized carbons (Fsp3) is 0.323. The van der Waals surface area contributed by atoms with Crippen LogP contribution in [0.5, 0.6) is 5.75 Å². The van der Waals surface area contributed by atoms with Crippen molar-refractivity contribution in [2.45, 2.75) is 50.9 Å². The number of anilines is 3. The van der Waals surface area contributed by atoms with Crippen molar-refractivity contribution < 1.29 is 22.3 Å². The number of nitrogens with one attached hydrogen (secondary N) is 2. The summed E-state index contributed by atoms with van der Waals surface area (Å²) in [6.07, 6.45) is -0.0621. The molecular weight excluding hydrogens is 520 g/mol. The van der Waals surface area contributed by atoms with Gasteiger partial charge < -0.3 is 25.3 Å². The van der Waals surface area contributed by atoms with Crippen LogP contribution in [0.1, 0.15) is 42.4 Å². The highest BCUT2D eigenvalue weighted by Crippen LogP contribution is 2.38. The van der Waals surface area contributed by atoms with Gasteiger partial charge >= 0.3 is 6.18 Å². The summed E-state index contributed by atoms with van der Waals surface area (Å²) in [6, 6.07) is 16.0. The maximum absolute atomic E-state index is 15.1. The zero-order valence-electron chi connectivity index (χ0n) is 22.3. The van der Waals surface area contributed by atoms with Gasteiger partial charge in [-0.2, -0.15) is 13.2 Å². The summed E-state index contributed by atoms with van der Waals surface area (Å²) in [5, 5.41) is 10.6. The Morgan fingerprint density at radius 3 is 2.42 bits per heavy atom. The van der Waals surface area contributed by atoms with Crippen molar-refractivity contribution >= 4 is 23.3 Å². The summed E-state index contributed by atoms with van der Waals surface area (Å²) in [4.78, 5) is 4.59. The summed E-state index contributed by atoms with van der Waals surface area (Å²) in [5.41, 5.74) is 2.19. The standard InChI is InChI=1S/C31H32F4N4O/c1-20-6-3-4-9-29(20)39(25-10-11-25)21(2)38-14-12-26(13-15-38)40-30-16-22(19-36)28(18-27(30)32)37-24-8-5-7-23(17-24)31(33,34)35/h3-9,16-19,25-26,36-37H,2,10-15H2,1H3. The van der Waals surface area contributed by atoms with E-state index in [1.54, 1.807) is 0 Å². The van der Waals surface area contributed by atoms with E-state index < -0.39 is 17.6 Å². The van der Waals surface area contributed by atoms with Crippen molar-refractivity contribution in [2.24, 2.45) is 0 Å². The van der Waals surface area contributed by atoms with Gasteiger partial charge in [0, 0.05) is 61.2 Å². The summed E-state index contributed by atoms with van der Waals surface area (Å²) < 4.78 is 60.3. The summed E-state index contributed by atoms with van der Waals surface area (Å²) >= 11 is 0. The topological polar surface area (TPSA) is 51.6 Å². The Morgan fingerprint density at radius 2 is 1.77 bits per heavy atom. The van der Waals surface area contributed by atoms with E-state index in [1.165, 1.54) is 29.4 Å². The Balaban J connectivity index is 1.24. The molecule has 210 valence electrons. The Labute approximate surface area is 231 Å². The molecule has 0 aromatic heterocycles. The molecule has 2 N–H and O–H groups in total. The molecule has 2 aliphatic rings. The number of halogens is 4. The van der Waals surface area contributed by atoms with E-state index >= 15 is 4.39 Å². The smallest absolute Gasteiger partial charge is 0.416 e. The van der Waals surface area contributed by atoms with E-state index in [-0.39, 0.29) is 23.2 Å². The van der Waals surface area contributed by atoms with Crippen molar-refractivity contribution in [1.29, 1.82) is 5.41 Å². The number of hydrogen-bond acceptors (Lipinski definition) is 5. The number of piperidine rings is 1. The van der Waals surface area contributed by atoms with E-state index in [2.05, 4.69) is 40.8 Å². The molecule has 1 aliphatic heterocycles. The molecule has 0 atom stereocenters. The molecule has 1 saturated heterocycles. The molecule has 2 fully saturated rings. The van der Waals surface area contributed by atoms with E-state index in [4.69, 9.17) is 10.1 Å². The van der Waals surface area contributed by atoms with Crippen molar-refractivity contribution in [3.05, 3.63) is 95.6 Å². The lowest BCUT2D eigenvalue weighted by Crippen LogP contribution is -2.43. The van der Waals surface area contributed by atoms with Gasteiger partial charge in [0.05, 0.1) is 11.3 Å². The fourth-order valence-electron chi connectivity index (χ4n) is 5.09. The largest absolute Gasteiger partial charge is 0.487 e. The first-order chi connectivity index (χ1) is 19.1. The molecule has 0 unspecified atom stereocenters. The van der Waals surface area contributed by atoms with E-state index in [0.717, 1.165) is 43.1 Å². The third kappa shape index (κ3) is 6.08. The van der Waals surface area contributed by atoms with Crippen LogP contribution in [0.2, 0.25) is 0 Å². The zero-order valence-corrected chi connectivity index (χ0v) is 22.3. The quantitative estimate of drug-likeness (QED) is 0.210. The molecule has 5 nitrogen and oxygen atoms in total. The van der Waals surface area contributed by atoms with Crippen LogP contribution >= 0.6 is 0 Å². The van der Waals surface area contributed by atoms with Gasteiger partial charge in [-0.15, -0.1) is 0 Å². The lowest BCUT2D eigenvalue weighted by atomic mass is 10.1. The number of rotatable bonds is 9. The Hall–Kier alpha value is -4.01. The Kier molecular flexibility index (Phi) is 7.74. The number of nitrogens with zero attached hydrogens (tertiary/aromatic N) is 2. The van der Waals surface area contributed by atoms with E-state index in [1.807, 2.05) is 12.1 Å². The third-order valence-electron chi connectivity index (χ3n) is 7.39. The minimum absolute atomic E-state index is 0.0184. The molecular formula is C31H32F4N4O. The summed E-state index contributed by atoms with van der Waals surface area (Å²) in [6.45, 7) is 7.96. The number of aryl methyl sites for hydroxylation is 1. The van der Waals surface area contributed by atoms with Crippen LogP contribution in [0.25, 0.3) is 0 Å². The number of benzene rings is 3. The highest BCUT2D eigenvalue weighted by atomic mass is 19.4. The summed E-state index contributed by atoms with van der Waals surface area (Å²) in [7, 11) is 0. The van der Waals surface area contributed by atoms with Crippen molar-refractivity contribution in [3.8, 4) is 5.75 Å². The average molecular weight is 553 g/mol. The molecule has 9 heteroatoms. The van der Waals surface area contributed by atoms with E-state index in [0.29, 0.717) is 37.5 Å². The number of alkyl halides is 3. The predicted octanol–water partition coefficient (Wildman–Crippen LogP) is 7.88. The van der Waals surface area contributed by atoms with Crippen LogP contribution in [0.15, 0.2) is 73.1 Å². The Bertz CT molecular complexity index is 1390. The van der Waals surface area contributed by atoms with Gasteiger partial charge in [0.15, 0.2) is 11.6 Å². The van der Waals surface area contributed by atoms with Gasteiger partial charge in [-0.1, -0.05) is 30.8 Å². The average Bonchev–Trinajstić information content (AvgIpc) is 3.77. The minimum Gasteiger partial charge on any atom is -0.487 e. The van der Waals surface area contributed by atoms with Crippen LogP contribution in [0, 0.1) is 18.2 Å².